The van der Waals surface area contributed by atoms with Crippen LogP contribution in [0.2, 0.25) is 0 Å². The molecule has 0 aliphatic rings. The minimum Gasteiger partial charge on any atom is -0.399 e. The van der Waals surface area contributed by atoms with Crippen LogP contribution in [0.25, 0.3) is 0 Å². The van der Waals surface area contributed by atoms with E-state index >= 15 is 0 Å². The van der Waals surface area contributed by atoms with Gasteiger partial charge in [-0.05, 0) is 30.8 Å². The lowest BCUT2D eigenvalue weighted by Crippen LogP contribution is -2.17. The number of hydrogen-bond donors (Lipinski definition) is 1. The fourth-order valence-corrected chi connectivity index (χ4v) is 1.92. The molecule has 76 valence electrons. The van der Waals surface area contributed by atoms with Gasteiger partial charge in [-0.15, -0.1) is 6.58 Å². The maximum Gasteiger partial charge on any atom is 0.0328 e. The van der Waals surface area contributed by atoms with Crippen molar-refractivity contribution in [3.63, 3.8) is 0 Å². The van der Waals surface area contributed by atoms with E-state index < -0.39 is 0 Å². The summed E-state index contributed by atoms with van der Waals surface area (Å²) in [5, 5.41) is 0. The first-order valence-corrected chi connectivity index (χ1v) is 5.25. The minimum atomic E-state index is 0.793. The highest BCUT2D eigenvalue weighted by Crippen LogP contribution is 2.18. The maximum absolute atomic E-state index is 5.74. The number of hydrogen-bond acceptors (Lipinski definition) is 2. The molecule has 3 heteroatoms. The molecule has 0 aromatic heterocycles. The van der Waals surface area contributed by atoms with Gasteiger partial charge in [0.15, 0.2) is 0 Å². The number of nitrogens with two attached hydrogens (primary N) is 1. The molecular weight excluding hydrogens is 240 g/mol. The third kappa shape index (κ3) is 3.52. The van der Waals surface area contributed by atoms with Gasteiger partial charge in [-0.3, -0.25) is 4.90 Å². The van der Waals surface area contributed by atoms with Crippen LogP contribution in [-0.2, 0) is 6.54 Å². The number of nitrogen functional groups attached to an aromatic ring is 1. The molecule has 0 aliphatic heterocycles. The summed E-state index contributed by atoms with van der Waals surface area (Å²) < 4.78 is 1.03. The Hall–Kier alpha value is -0.800. The molecule has 0 fully saturated rings. The van der Waals surface area contributed by atoms with Crippen LogP contribution in [0.1, 0.15) is 5.56 Å². The molecule has 2 nitrogen and oxygen atoms in total. The highest BCUT2D eigenvalue weighted by Gasteiger charge is 2.00. The summed E-state index contributed by atoms with van der Waals surface area (Å²) in [5.74, 6) is 0. The molecular formula is C11H15BrN2. The zero-order valence-corrected chi connectivity index (χ0v) is 9.92. The van der Waals surface area contributed by atoms with Crippen molar-refractivity contribution in [1.82, 2.24) is 4.90 Å². The largest absolute Gasteiger partial charge is 0.399 e. The Bertz CT molecular complexity index is 303. The Kier molecular flexibility index (Phi) is 4.17. The van der Waals surface area contributed by atoms with Crippen LogP contribution in [0, 0.1) is 0 Å². The molecule has 1 rings (SSSR count). The predicted octanol–water partition coefficient (Wildman–Crippen LogP) is 2.65. The molecule has 0 atom stereocenters. The van der Waals surface area contributed by atoms with Crippen LogP contribution in [0.15, 0.2) is 35.3 Å². The first-order chi connectivity index (χ1) is 6.61. The third-order valence-corrected chi connectivity index (χ3v) is 2.33. The van der Waals surface area contributed by atoms with E-state index in [1.165, 1.54) is 5.56 Å². The molecule has 0 saturated carbocycles. The Morgan fingerprint density at radius 2 is 2.21 bits per heavy atom. The van der Waals surface area contributed by atoms with Crippen molar-refractivity contribution in [3.05, 3.63) is 40.9 Å². The fourth-order valence-electron chi connectivity index (χ4n) is 1.36. The average molecular weight is 255 g/mol. The van der Waals surface area contributed by atoms with Crippen LogP contribution < -0.4 is 5.73 Å². The molecule has 0 aliphatic carbocycles. The summed E-state index contributed by atoms with van der Waals surface area (Å²) >= 11 is 3.42. The normalized spacial score (nSPS) is 10.5. The average Bonchev–Trinajstić information content (AvgIpc) is 2.01. The Labute approximate surface area is 93.5 Å². The van der Waals surface area contributed by atoms with Crippen molar-refractivity contribution >= 4 is 21.6 Å². The first-order valence-electron chi connectivity index (χ1n) is 4.46. The summed E-state index contributed by atoms with van der Waals surface area (Å²) in [6.45, 7) is 5.47. The second kappa shape index (κ2) is 5.17. The summed E-state index contributed by atoms with van der Waals surface area (Å²) in [6, 6.07) is 5.97. The second-order valence-corrected chi connectivity index (χ2v) is 4.29. The lowest BCUT2D eigenvalue weighted by Gasteiger charge is -2.14. The third-order valence-electron chi connectivity index (χ3n) is 1.87. The van der Waals surface area contributed by atoms with Crippen LogP contribution in [-0.4, -0.2) is 18.5 Å². The Morgan fingerprint density at radius 1 is 1.50 bits per heavy atom. The van der Waals surface area contributed by atoms with Gasteiger partial charge in [0.05, 0.1) is 0 Å². The zero-order valence-electron chi connectivity index (χ0n) is 8.33. The Balaban J connectivity index is 2.71. The number of likely N-dealkylation sites (N-methyl/N-ethyl adjacent to an activating group) is 1. The summed E-state index contributed by atoms with van der Waals surface area (Å²) in [5.41, 5.74) is 7.74. The summed E-state index contributed by atoms with van der Waals surface area (Å²) in [6.07, 6.45) is 1.89. The van der Waals surface area contributed by atoms with Gasteiger partial charge < -0.3 is 5.73 Å². The molecule has 0 unspecified atom stereocenters. The smallest absolute Gasteiger partial charge is 0.0328 e. The maximum atomic E-state index is 5.74. The van der Waals surface area contributed by atoms with E-state index in [-0.39, 0.29) is 0 Å². The van der Waals surface area contributed by atoms with Crippen LogP contribution in [0.4, 0.5) is 5.69 Å². The first kappa shape index (κ1) is 11.3. The van der Waals surface area contributed by atoms with Gasteiger partial charge in [0.2, 0.25) is 0 Å². The molecule has 14 heavy (non-hydrogen) atoms. The van der Waals surface area contributed by atoms with E-state index in [0.717, 1.165) is 23.2 Å². The molecule has 0 spiro atoms. The van der Waals surface area contributed by atoms with Gasteiger partial charge in [-0.2, -0.15) is 0 Å². The quantitative estimate of drug-likeness (QED) is 0.662. The van der Waals surface area contributed by atoms with E-state index in [1.807, 2.05) is 18.2 Å². The van der Waals surface area contributed by atoms with Crippen molar-refractivity contribution in [2.24, 2.45) is 0 Å². The van der Waals surface area contributed by atoms with Gasteiger partial charge in [0.1, 0.15) is 0 Å². The molecule has 0 bridgehead atoms. The van der Waals surface area contributed by atoms with E-state index in [9.17, 15) is 0 Å². The minimum absolute atomic E-state index is 0.793. The lowest BCUT2D eigenvalue weighted by molar-refractivity contribution is 0.363. The molecule has 0 radical (unpaired) electrons. The number of anilines is 1. The van der Waals surface area contributed by atoms with Gasteiger partial charge in [0, 0.05) is 23.2 Å². The SMILES string of the molecule is C=CCN(C)Cc1cc(N)cc(Br)c1. The summed E-state index contributed by atoms with van der Waals surface area (Å²) in [4.78, 5) is 2.17. The molecule has 1 aromatic rings. The molecule has 0 saturated heterocycles. The predicted molar refractivity (Wildman–Crippen MR) is 65.1 cm³/mol. The van der Waals surface area contributed by atoms with Gasteiger partial charge in [-0.1, -0.05) is 22.0 Å². The second-order valence-electron chi connectivity index (χ2n) is 3.38. The highest BCUT2D eigenvalue weighted by atomic mass is 79.9. The van der Waals surface area contributed by atoms with Crippen molar-refractivity contribution in [3.8, 4) is 0 Å². The van der Waals surface area contributed by atoms with Crippen LogP contribution in [0.3, 0.4) is 0 Å². The van der Waals surface area contributed by atoms with Crippen LogP contribution >= 0.6 is 15.9 Å². The number of halogens is 1. The van der Waals surface area contributed by atoms with Gasteiger partial charge >= 0.3 is 0 Å². The van der Waals surface area contributed by atoms with Crippen LogP contribution in [0.5, 0.6) is 0 Å². The monoisotopic (exact) mass is 254 g/mol. The van der Waals surface area contributed by atoms with Crippen molar-refractivity contribution in [1.29, 1.82) is 0 Å². The van der Waals surface area contributed by atoms with Gasteiger partial charge in [-0.25, -0.2) is 0 Å². The van der Waals surface area contributed by atoms with Gasteiger partial charge in [0.25, 0.3) is 0 Å². The highest BCUT2D eigenvalue weighted by molar-refractivity contribution is 9.10. The van der Waals surface area contributed by atoms with Crippen molar-refractivity contribution in [2.75, 3.05) is 19.3 Å². The van der Waals surface area contributed by atoms with E-state index in [1.54, 1.807) is 0 Å². The standard InChI is InChI=1S/C11H15BrN2/c1-3-4-14(2)8-9-5-10(12)7-11(13)6-9/h3,5-7H,1,4,8,13H2,2H3. The fraction of sp³-hybridized carbons (Fsp3) is 0.273. The van der Waals surface area contributed by atoms with E-state index in [4.69, 9.17) is 5.73 Å². The Morgan fingerprint density at radius 3 is 2.79 bits per heavy atom. The summed E-state index contributed by atoms with van der Waals surface area (Å²) in [7, 11) is 2.05. The van der Waals surface area contributed by atoms with Crippen molar-refractivity contribution in [2.45, 2.75) is 6.54 Å². The molecule has 0 amide bonds. The number of nitrogens with zero attached hydrogens (tertiary/aromatic N) is 1. The van der Waals surface area contributed by atoms with E-state index in [2.05, 4.69) is 40.5 Å². The van der Waals surface area contributed by atoms with Crippen molar-refractivity contribution < 1.29 is 0 Å². The topological polar surface area (TPSA) is 29.3 Å². The number of rotatable bonds is 4. The molecule has 2 N–H and O–H groups in total. The molecule has 1 aromatic carbocycles. The lowest BCUT2D eigenvalue weighted by atomic mass is 10.2. The van der Waals surface area contributed by atoms with E-state index in [0.29, 0.717) is 0 Å². The zero-order chi connectivity index (χ0) is 10.6. The number of benzene rings is 1. The molecule has 0 heterocycles.